The first-order valence-corrected chi connectivity index (χ1v) is 7.96. The summed E-state index contributed by atoms with van der Waals surface area (Å²) in [5.41, 5.74) is 1.97. The minimum absolute atomic E-state index is 0.347. The summed E-state index contributed by atoms with van der Waals surface area (Å²) >= 11 is 12.2. The topological polar surface area (TPSA) is 39.4 Å². The Kier molecular flexibility index (Phi) is 4.60. The van der Waals surface area contributed by atoms with Crippen molar-refractivity contribution in [3.63, 3.8) is 0 Å². The Labute approximate surface area is 143 Å². The first-order valence-electron chi connectivity index (χ1n) is 7.20. The molecule has 2 aromatic carbocycles. The van der Waals surface area contributed by atoms with E-state index in [1.807, 2.05) is 19.1 Å². The van der Waals surface area contributed by atoms with Gasteiger partial charge < -0.3 is 9.15 Å². The molecule has 118 valence electrons. The first kappa shape index (κ1) is 15.9. The summed E-state index contributed by atoms with van der Waals surface area (Å²) in [5, 5.41) is 1.98. The largest absolute Gasteiger partial charge is 0.487 e. The third kappa shape index (κ3) is 3.52. The van der Waals surface area contributed by atoms with Crippen LogP contribution in [0.1, 0.15) is 18.1 Å². The highest BCUT2D eigenvalue weighted by Crippen LogP contribution is 2.32. The van der Waals surface area contributed by atoms with Gasteiger partial charge in [-0.05, 0) is 35.7 Å². The normalized spacial score (nSPS) is 10.9. The molecule has 0 radical (unpaired) electrons. The molecule has 0 amide bonds. The van der Waals surface area contributed by atoms with Gasteiger partial charge in [0.15, 0.2) is 0 Å². The summed E-state index contributed by atoms with van der Waals surface area (Å²) in [7, 11) is 0. The number of benzene rings is 2. The van der Waals surface area contributed by atoms with Crippen molar-refractivity contribution < 1.29 is 9.15 Å². The monoisotopic (exact) mass is 348 g/mol. The lowest BCUT2D eigenvalue weighted by molar-refractivity contribution is 0.306. The Balaban J connectivity index is 1.93. The van der Waals surface area contributed by atoms with E-state index in [9.17, 15) is 4.79 Å². The number of halogens is 2. The van der Waals surface area contributed by atoms with Crippen molar-refractivity contribution in [2.24, 2.45) is 0 Å². The Morgan fingerprint density at radius 2 is 1.83 bits per heavy atom. The van der Waals surface area contributed by atoms with E-state index in [0.717, 1.165) is 22.9 Å². The molecule has 0 unspecified atom stereocenters. The zero-order valence-electron chi connectivity index (χ0n) is 12.4. The number of rotatable bonds is 4. The lowest BCUT2D eigenvalue weighted by atomic mass is 10.1. The summed E-state index contributed by atoms with van der Waals surface area (Å²) in [6, 6.07) is 12.3. The van der Waals surface area contributed by atoms with Crippen molar-refractivity contribution in [3.8, 4) is 5.75 Å². The van der Waals surface area contributed by atoms with E-state index in [1.54, 1.807) is 24.3 Å². The van der Waals surface area contributed by atoms with Gasteiger partial charge in [0, 0.05) is 22.5 Å². The maximum atomic E-state index is 11.6. The molecule has 1 heterocycles. The smallest absolute Gasteiger partial charge is 0.336 e. The fourth-order valence-corrected chi connectivity index (χ4v) is 2.72. The van der Waals surface area contributed by atoms with E-state index in [2.05, 4.69) is 0 Å². The second-order valence-corrected chi connectivity index (χ2v) is 5.98. The molecule has 0 aliphatic heterocycles. The maximum absolute atomic E-state index is 11.6. The standard InChI is InChI=1S/C18H14Cl2O3/c1-2-12-7-18(21)23-16-9-17(15(20)8-14(12)16)22-10-11-3-5-13(19)6-4-11/h3-9H,2,10H2,1H3. The molecule has 3 aromatic rings. The predicted molar refractivity (Wildman–Crippen MR) is 92.7 cm³/mol. The number of ether oxygens (including phenoxy) is 1. The van der Waals surface area contributed by atoms with Crippen molar-refractivity contribution in [1.82, 2.24) is 0 Å². The molecule has 0 atom stereocenters. The van der Waals surface area contributed by atoms with Gasteiger partial charge in [0.25, 0.3) is 0 Å². The van der Waals surface area contributed by atoms with E-state index in [4.69, 9.17) is 32.4 Å². The van der Waals surface area contributed by atoms with Crippen molar-refractivity contribution in [3.05, 3.63) is 74.1 Å². The molecule has 0 aliphatic rings. The SMILES string of the molecule is CCc1cc(=O)oc2cc(OCc3ccc(Cl)cc3)c(Cl)cc12. The summed E-state index contributed by atoms with van der Waals surface area (Å²) in [6.45, 7) is 2.33. The molecule has 23 heavy (non-hydrogen) atoms. The third-order valence-corrected chi connectivity index (χ3v) is 4.12. The molecule has 0 N–H and O–H groups in total. The fraction of sp³-hybridized carbons (Fsp3) is 0.167. The predicted octanol–water partition coefficient (Wildman–Crippen LogP) is 5.24. The second-order valence-electron chi connectivity index (χ2n) is 5.14. The Bertz CT molecular complexity index is 899. The average molecular weight is 349 g/mol. The van der Waals surface area contributed by atoms with Gasteiger partial charge in [0.2, 0.25) is 0 Å². The first-order chi connectivity index (χ1) is 11.1. The molecule has 0 saturated carbocycles. The van der Waals surface area contributed by atoms with Crippen molar-refractivity contribution in [2.75, 3.05) is 0 Å². The Morgan fingerprint density at radius 1 is 1.09 bits per heavy atom. The number of aryl methyl sites for hydroxylation is 1. The molecule has 5 heteroatoms. The van der Waals surface area contributed by atoms with Gasteiger partial charge in [0.05, 0.1) is 5.02 Å². The molecule has 1 aromatic heterocycles. The second kappa shape index (κ2) is 6.65. The quantitative estimate of drug-likeness (QED) is 0.605. The van der Waals surface area contributed by atoms with E-state index in [0.29, 0.717) is 28.0 Å². The van der Waals surface area contributed by atoms with Crippen molar-refractivity contribution >= 4 is 34.2 Å². The van der Waals surface area contributed by atoms with Gasteiger partial charge in [-0.15, -0.1) is 0 Å². The van der Waals surface area contributed by atoms with Crippen LogP contribution >= 0.6 is 23.2 Å². The van der Waals surface area contributed by atoms with Gasteiger partial charge in [0.1, 0.15) is 17.9 Å². The van der Waals surface area contributed by atoms with E-state index < -0.39 is 0 Å². The van der Waals surface area contributed by atoms with Gasteiger partial charge in [-0.1, -0.05) is 42.3 Å². The highest BCUT2D eigenvalue weighted by molar-refractivity contribution is 6.32. The average Bonchev–Trinajstić information content (AvgIpc) is 2.54. The molecule has 0 spiro atoms. The lowest BCUT2D eigenvalue weighted by Crippen LogP contribution is -2.01. The van der Waals surface area contributed by atoms with Crippen LogP contribution in [0, 0.1) is 0 Å². The van der Waals surface area contributed by atoms with Crippen LogP contribution in [0.2, 0.25) is 10.0 Å². The molecular weight excluding hydrogens is 335 g/mol. The van der Waals surface area contributed by atoms with Crippen molar-refractivity contribution in [1.29, 1.82) is 0 Å². The molecule has 0 fully saturated rings. The van der Waals surface area contributed by atoms with Crippen LogP contribution in [-0.4, -0.2) is 0 Å². The minimum atomic E-state index is -0.375. The Morgan fingerprint density at radius 3 is 2.52 bits per heavy atom. The zero-order valence-corrected chi connectivity index (χ0v) is 13.9. The van der Waals surface area contributed by atoms with Crippen LogP contribution in [0.5, 0.6) is 5.75 Å². The molecule has 0 bridgehead atoms. The van der Waals surface area contributed by atoms with Gasteiger partial charge in [-0.3, -0.25) is 0 Å². The number of hydrogen-bond donors (Lipinski definition) is 0. The highest BCUT2D eigenvalue weighted by atomic mass is 35.5. The van der Waals surface area contributed by atoms with Gasteiger partial charge in [-0.25, -0.2) is 4.79 Å². The molecule has 3 nitrogen and oxygen atoms in total. The van der Waals surface area contributed by atoms with Gasteiger partial charge in [-0.2, -0.15) is 0 Å². The van der Waals surface area contributed by atoms with Crippen molar-refractivity contribution in [2.45, 2.75) is 20.0 Å². The summed E-state index contributed by atoms with van der Waals surface area (Å²) in [6.07, 6.45) is 0.726. The van der Waals surface area contributed by atoms with Crippen LogP contribution in [0.4, 0.5) is 0 Å². The van der Waals surface area contributed by atoms with Crippen LogP contribution in [-0.2, 0) is 13.0 Å². The molecule has 0 saturated heterocycles. The number of fused-ring (bicyclic) bond motifs is 1. The summed E-state index contributed by atoms with van der Waals surface area (Å²) < 4.78 is 11.0. The van der Waals surface area contributed by atoms with E-state index in [-0.39, 0.29) is 5.63 Å². The van der Waals surface area contributed by atoms with Crippen LogP contribution in [0.3, 0.4) is 0 Å². The molecule has 0 aliphatic carbocycles. The molecular formula is C18H14Cl2O3. The van der Waals surface area contributed by atoms with Gasteiger partial charge >= 0.3 is 5.63 Å². The Hall–Kier alpha value is -1.97. The number of hydrogen-bond acceptors (Lipinski definition) is 3. The summed E-state index contributed by atoms with van der Waals surface area (Å²) in [5.74, 6) is 0.477. The zero-order chi connectivity index (χ0) is 16.4. The van der Waals surface area contributed by atoms with Crippen LogP contribution in [0.25, 0.3) is 11.0 Å². The maximum Gasteiger partial charge on any atom is 0.336 e. The van der Waals surface area contributed by atoms with Crippen LogP contribution < -0.4 is 10.4 Å². The summed E-state index contributed by atoms with van der Waals surface area (Å²) in [4.78, 5) is 11.6. The van der Waals surface area contributed by atoms with Crippen LogP contribution in [0.15, 0.2) is 51.7 Å². The van der Waals surface area contributed by atoms with E-state index >= 15 is 0 Å². The lowest BCUT2D eigenvalue weighted by Gasteiger charge is -2.10. The minimum Gasteiger partial charge on any atom is -0.487 e. The third-order valence-electron chi connectivity index (χ3n) is 3.57. The van der Waals surface area contributed by atoms with E-state index in [1.165, 1.54) is 6.07 Å². The fourth-order valence-electron chi connectivity index (χ4n) is 2.37. The molecule has 3 rings (SSSR count). The highest BCUT2D eigenvalue weighted by Gasteiger charge is 2.10.